The number of nitrogens with two attached hydrogens (primary N) is 1. The first-order chi connectivity index (χ1) is 6.72. The van der Waals surface area contributed by atoms with E-state index in [0.29, 0.717) is 0 Å². The van der Waals surface area contributed by atoms with Gasteiger partial charge in [-0.3, -0.25) is 4.68 Å². The van der Waals surface area contributed by atoms with E-state index in [4.69, 9.17) is 5.73 Å². The van der Waals surface area contributed by atoms with Gasteiger partial charge in [0.05, 0.1) is 11.9 Å². The molecule has 2 aromatic heterocycles. The molecule has 2 N–H and O–H groups in total. The van der Waals surface area contributed by atoms with Crippen LogP contribution in [0.15, 0.2) is 6.20 Å². The van der Waals surface area contributed by atoms with Gasteiger partial charge in [0.15, 0.2) is 0 Å². The zero-order chi connectivity index (χ0) is 10.1. The Hall–Kier alpha value is -1.92. The molecule has 0 aliphatic carbocycles. The summed E-state index contributed by atoms with van der Waals surface area (Å²) in [5, 5.41) is 15.2. The molecule has 0 spiro atoms. The Kier molecular flexibility index (Phi) is 1.91. The van der Waals surface area contributed by atoms with Crippen molar-refractivity contribution in [1.29, 1.82) is 0 Å². The number of rotatable bonds is 2. The molecule has 7 nitrogen and oxygen atoms in total. The molecule has 0 amide bonds. The lowest BCUT2D eigenvalue weighted by atomic mass is 10.3. The van der Waals surface area contributed by atoms with E-state index in [1.54, 1.807) is 4.68 Å². The maximum Gasteiger partial charge on any atom is 0.245 e. The molecule has 2 heterocycles. The fourth-order valence-corrected chi connectivity index (χ4v) is 1.32. The minimum Gasteiger partial charge on any atom is -0.366 e. The van der Waals surface area contributed by atoms with Gasteiger partial charge in [-0.1, -0.05) is 12.0 Å². The van der Waals surface area contributed by atoms with E-state index in [1.165, 1.54) is 4.68 Å². The largest absolute Gasteiger partial charge is 0.366 e. The SMILES string of the molecule is CCc1nn(C)cc1-n1nnnc1N. The summed E-state index contributed by atoms with van der Waals surface area (Å²) in [5.74, 6) is 0.271. The lowest BCUT2D eigenvalue weighted by Crippen LogP contribution is -2.03. The van der Waals surface area contributed by atoms with E-state index in [0.717, 1.165) is 17.8 Å². The zero-order valence-electron chi connectivity index (χ0n) is 8.05. The maximum atomic E-state index is 5.60. The monoisotopic (exact) mass is 193 g/mol. The van der Waals surface area contributed by atoms with Crippen molar-refractivity contribution in [2.75, 3.05) is 5.73 Å². The van der Waals surface area contributed by atoms with Crippen molar-refractivity contribution in [3.05, 3.63) is 11.9 Å². The highest BCUT2D eigenvalue weighted by Crippen LogP contribution is 2.13. The number of aryl methyl sites for hydroxylation is 2. The van der Waals surface area contributed by atoms with Crippen LogP contribution >= 0.6 is 0 Å². The summed E-state index contributed by atoms with van der Waals surface area (Å²) in [4.78, 5) is 0. The van der Waals surface area contributed by atoms with Crippen molar-refractivity contribution < 1.29 is 0 Å². The second kappa shape index (κ2) is 3.09. The third kappa shape index (κ3) is 1.22. The highest BCUT2D eigenvalue weighted by Gasteiger charge is 2.11. The molecule has 0 unspecified atom stereocenters. The summed E-state index contributed by atoms with van der Waals surface area (Å²) in [6, 6.07) is 0. The molecule has 2 aromatic rings. The van der Waals surface area contributed by atoms with E-state index >= 15 is 0 Å². The number of aromatic nitrogens is 6. The first kappa shape index (κ1) is 8.67. The molecule has 74 valence electrons. The lowest BCUT2D eigenvalue weighted by molar-refractivity contribution is 0.746. The lowest BCUT2D eigenvalue weighted by Gasteiger charge is -1.98. The summed E-state index contributed by atoms with van der Waals surface area (Å²) in [6.45, 7) is 2.02. The molecule has 0 aromatic carbocycles. The van der Waals surface area contributed by atoms with Gasteiger partial charge in [0, 0.05) is 7.05 Å². The molecule has 7 heteroatoms. The van der Waals surface area contributed by atoms with E-state index in [9.17, 15) is 0 Å². The van der Waals surface area contributed by atoms with E-state index in [2.05, 4.69) is 20.6 Å². The second-order valence-electron chi connectivity index (χ2n) is 2.94. The van der Waals surface area contributed by atoms with Crippen LogP contribution < -0.4 is 5.73 Å². The summed E-state index contributed by atoms with van der Waals surface area (Å²) in [5.41, 5.74) is 7.35. The normalized spacial score (nSPS) is 10.7. The number of hydrogen-bond acceptors (Lipinski definition) is 5. The molecule has 0 fully saturated rings. The Morgan fingerprint density at radius 3 is 2.86 bits per heavy atom. The molecule has 0 aliphatic rings. The van der Waals surface area contributed by atoms with Gasteiger partial charge < -0.3 is 5.73 Å². The van der Waals surface area contributed by atoms with Crippen LogP contribution in [0.1, 0.15) is 12.6 Å². The van der Waals surface area contributed by atoms with Crippen molar-refractivity contribution in [3.8, 4) is 5.69 Å². The zero-order valence-corrected chi connectivity index (χ0v) is 8.05. The van der Waals surface area contributed by atoms with Crippen LogP contribution in [-0.2, 0) is 13.5 Å². The van der Waals surface area contributed by atoms with Crippen LogP contribution in [0.3, 0.4) is 0 Å². The second-order valence-corrected chi connectivity index (χ2v) is 2.94. The average Bonchev–Trinajstić information content (AvgIpc) is 2.71. The van der Waals surface area contributed by atoms with Gasteiger partial charge in [-0.15, -0.1) is 0 Å². The van der Waals surface area contributed by atoms with Gasteiger partial charge in [-0.05, 0) is 16.8 Å². The summed E-state index contributed by atoms with van der Waals surface area (Å²) < 4.78 is 3.20. The Labute approximate surface area is 80.5 Å². The molecule has 0 atom stereocenters. The molecule has 2 rings (SSSR count). The fraction of sp³-hybridized carbons (Fsp3) is 0.429. The Bertz CT molecular complexity index is 441. The molecule has 0 radical (unpaired) electrons. The van der Waals surface area contributed by atoms with Crippen LogP contribution in [0.25, 0.3) is 5.69 Å². The maximum absolute atomic E-state index is 5.60. The molecule has 0 aliphatic heterocycles. The topological polar surface area (TPSA) is 87.4 Å². The van der Waals surface area contributed by atoms with Crippen molar-refractivity contribution >= 4 is 5.95 Å². The van der Waals surface area contributed by atoms with Gasteiger partial charge in [0.1, 0.15) is 5.69 Å². The predicted octanol–water partition coefficient (Wildman–Crippen LogP) is -0.460. The Balaban J connectivity index is 2.55. The van der Waals surface area contributed by atoms with Crippen molar-refractivity contribution in [2.24, 2.45) is 7.05 Å². The third-order valence-corrected chi connectivity index (χ3v) is 1.94. The molecule has 0 saturated carbocycles. The summed E-state index contributed by atoms with van der Waals surface area (Å²) in [7, 11) is 1.85. The summed E-state index contributed by atoms with van der Waals surface area (Å²) in [6.07, 6.45) is 2.65. The van der Waals surface area contributed by atoms with Crippen LogP contribution in [-0.4, -0.2) is 30.0 Å². The van der Waals surface area contributed by atoms with Crippen molar-refractivity contribution in [1.82, 2.24) is 30.0 Å². The van der Waals surface area contributed by atoms with Gasteiger partial charge >= 0.3 is 0 Å². The summed E-state index contributed by atoms with van der Waals surface area (Å²) >= 11 is 0. The minimum absolute atomic E-state index is 0.271. The van der Waals surface area contributed by atoms with E-state index in [1.807, 2.05) is 20.2 Å². The molecular formula is C7H11N7. The van der Waals surface area contributed by atoms with Crippen molar-refractivity contribution in [3.63, 3.8) is 0 Å². The number of anilines is 1. The molecule has 0 bridgehead atoms. The number of nitrogens with zero attached hydrogens (tertiary/aromatic N) is 6. The smallest absolute Gasteiger partial charge is 0.245 e. The molecule has 14 heavy (non-hydrogen) atoms. The third-order valence-electron chi connectivity index (χ3n) is 1.94. The Morgan fingerprint density at radius 1 is 1.50 bits per heavy atom. The average molecular weight is 193 g/mol. The quantitative estimate of drug-likeness (QED) is 0.697. The predicted molar refractivity (Wildman–Crippen MR) is 49.7 cm³/mol. The highest BCUT2D eigenvalue weighted by atomic mass is 15.6. The van der Waals surface area contributed by atoms with Gasteiger partial charge in [-0.2, -0.15) is 9.78 Å². The first-order valence-corrected chi connectivity index (χ1v) is 4.29. The molecule has 0 saturated heterocycles. The minimum atomic E-state index is 0.271. The highest BCUT2D eigenvalue weighted by molar-refractivity contribution is 5.38. The number of hydrogen-bond donors (Lipinski definition) is 1. The molecular weight excluding hydrogens is 182 g/mol. The van der Waals surface area contributed by atoms with Gasteiger partial charge in [-0.25, -0.2) is 0 Å². The first-order valence-electron chi connectivity index (χ1n) is 4.29. The van der Waals surface area contributed by atoms with Crippen LogP contribution in [0.5, 0.6) is 0 Å². The van der Waals surface area contributed by atoms with E-state index in [-0.39, 0.29) is 5.95 Å². The Morgan fingerprint density at radius 2 is 2.29 bits per heavy atom. The fourth-order valence-electron chi connectivity index (χ4n) is 1.32. The standard InChI is InChI=1S/C7H11N7/c1-3-5-6(4-13(2)10-5)14-7(8)9-11-12-14/h4H,3H2,1-2H3,(H2,8,9,12). The van der Waals surface area contributed by atoms with Crippen molar-refractivity contribution in [2.45, 2.75) is 13.3 Å². The van der Waals surface area contributed by atoms with E-state index < -0.39 is 0 Å². The number of nitrogen functional groups attached to an aromatic ring is 1. The number of tetrazole rings is 1. The van der Waals surface area contributed by atoms with Gasteiger partial charge in [0.25, 0.3) is 0 Å². The van der Waals surface area contributed by atoms with Crippen LogP contribution in [0.4, 0.5) is 5.95 Å². The van der Waals surface area contributed by atoms with Crippen LogP contribution in [0, 0.1) is 0 Å². The van der Waals surface area contributed by atoms with Gasteiger partial charge in [0.2, 0.25) is 5.95 Å². The van der Waals surface area contributed by atoms with Crippen LogP contribution in [0.2, 0.25) is 0 Å².